The Kier molecular flexibility index (Phi) is 3.79. The minimum absolute atomic E-state index is 0.0152. The van der Waals surface area contributed by atoms with Gasteiger partial charge in [0.05, 0.1) is 5.69 Å². The normalized spacial score (nSPS) is 19.8. The van der Waals surface area contributed by atoms with Crippen molar-refractivity contribution < 1.29 is 4.79 Å². The summed E-state index contributed by atoms with van der Waals surface area (Å²) in [6.07, 6.45) is 3.31. The van der Waals surface area contributed by atoms with Crippen LogP contribution in [0.2, 0.25) is 0 Å². The van der Waals surface area contributed by atoms with Crippen molar-refractivity contribution in [3.8, 4) is 17.5 Å². The highest BCUT2D eigenvalue weighted by molar-refractivity contribution is 5.93. The summed E-state index contributed by atoms with van der Waals surface area (Å²) in [6, 6.07) is 11.8. The number of nitrogens with one attached hydrogen (secondary N) is 2. The van der Waals surface area contributed by atoms with Crippen molar-refractivity contribution in [3.63, 3.8) is 0 Å². The molecule has 22 heavy (non-hydrogen) atoms. The summed E-state index contributed by atoms with van der Waals surface area (Å²) in [5, 5.41) is 18.6. The molecule has 1 aliphatic rings. The molecule has 6 heteroatoms. The monoisotopic (exact) mass is 295 g/mol. The summed E-state index contributed by atoms with van der Waals surface area (Å²) in [4.78, 5) is 12.2. The van der Waals surface area contributed by atoms with E-state index in [9.17, 15) is 4.79 Å². The number of hydrogen-bond acceptors (Lipinski definition) is 4. The van der Waals surface area contributed by atoms with Crippen LogP contribution >= 0.6 is 0 Å². The number of benzene rings is 1. The molecule has 2 N–H and O–H groups in total. The summed E-state index contributed by atoms with van der Waals surface area (Å²) in [6.45, 7) is 0. The highest BCUT2D eigenvalue weighted by Gasteiger charge is 2.34. The van der Waals surface area contributed by atoms with Crippen LogP contribution in [-0.4, -0.2) is 21.7 Å². The van der Waals surface area contributed by atoms with Gasteiger partial charge in [-0.2, -0.15) is 10.4 Å². The number of anilines is 1. The third-order valence-corrected chi connectivity index (χ3v) is 3.98. The number of aryl methyl sites for hydroxylation is 1. The molecule has 0 spiro atoms. The van der Waals surface area contributed by atoms with E-state index in [0.29, 0.717) is 18.7 Å². The predicted molar refractivity (Wildman–Crippen MR) is 82.5 cm³/mol. The zero-order valence-corrected chi connectivity index (χ0v) is 12.3. The van der Waals surface area contributed by atoms with Crippen LogP contribution < -0.4 is 10.6 Å². The van der Waals surface area contributed by atoms with E-state index < -0.39 is 0 Å². The minimum atomic E-state index is -0.0408. The molecule has 0 radical (unpaired) electrons. The van der Waals surface area contributed by atoms with Crippen LogP contribution in [0.25, 0.3) is 11.3 Å². The molecule has 1 fully saturated rings. The molecule has 1 aromatic carbocycles. The summed E-state index contributed by atoms with van der Waals surface area (Å²) in [5.74, 6) is 0.625. The summed E-state index contributed by atoms with van der Waals surface area (Å²) >= 11 is 0. The number of nitriles is 1. The largest absolute Gasteiger partial charge is 0.321 e. The molecular formula is C16H17N5O. The Morgan fingerprint density at radius 1 is 1.36 bits per heavy atom. The maximum atomic E-state index is 12.2. The molecule has 1 amide bonds. The molecule has 6 nitrogen and oxygen atoms in total. The van der Waals surface area contributed by atoms with Gasteiger partial charge in [-0.3, -0.25) is 9.48 Å². The molecule has 0 atom stereocenters. The van der Waals surface area contributed by atoms with Gasteiger partial charge in [-0.15, -0.1) is 0 Å². The Hall–Kier alpha value is -2.81. The summed E-state index contributed by atoms with van der Waals surface area (Å²) in [5.41, 5.74) is 1.84. The van der Waals surface area contributed by atoms with Crippen LogP contribution in [-0.2, 0) is 11.8 Å². The van der Waals surface area contributed by atoms with Gasteiger partial charge in [-0.05, 0) is 12.8 Å². The first-order chi connectivity index (χ1) is 10.7. The van der Waals surface area contributed by atoms with Gasteiger partial charge >= 0.3 is 0 Å². The lowest BCUT2D eigenvalue weighted by Gasteiger charge is -2.32. The van der Waals surface area contributed by atoms with Gasteiger partial charge in [-0.1, -0.05) is 30.3 Å². The van der Waals surface area contributed by atoms with Crippen LogP contribution in [0.15, 0.2) is 36.4 Å². The molecule has 2 aromatic rings. The molecule has 1 heterocycles. The standard InChI is InChI=1S/C16H17N5O/c1-21-15(9-14(20-21)11-5-3-2-4-6-11)19-16(22)12-7-13(8-12)18-10-17/h2-6,9,12-13,18H,7-8H2,1H3,(H,19,22)/t12-,13-. The topological polar surface area (TPSA) is 82.7 Å². The van der Waals surface area contributed by atoms with E-state index in [1.165, 1.54) is 0 Å². The van der Waals surface area contributed by atoms with E-state index in [-0.39, 0.29) is 17.9 Å². The van der Waals surface area contributed by atoms with Gasteiger partial charge in [0.15, 0.2) is 6.19 Å². The maximum absolute atomic E-state index is 12.2. The maximum Gasteiger partial charge on any atom is 0.228 e. The third-order valence-electron chi connectivity index (χ3n) is 3.98. The number of hydrogen-bond donors (Lipinski definition) is 2. The van der Waals surface area contributed by atoms with Crippen molar-refractivity contribution in [3.05, 3.63) is 36.4 Å². The fraction of sp³-hybridized carbons (Fsp3) is 0.312. The molecule has 0 unspecified atom stereocenters. The molecular weight excluding hydrogens is 278 g/mol. The molecule has 3 rings (SSSR count). The Morgan fingerprint density at radius 3 is 2.77 bits per heavy atom. The number of aromatic nitrogens is 2. The minimum Gasteiger partial charge on any atom is -0.321 e. The van der Waals surface area contributed by atoms with Crippen molar-refractivity contribution in [1.29, 1.82) is 5.26 Å². The average Bonchev–Trinajstić information content (AvgIpc) is 2.84. The number of rotatable bonds is 4. The Bertz CT molecular complexity index is 710. The van der Waals surface area contributed by atoms with E-state index in [2.05, 4.69) is 15.7 Å². The van der Waals surface area contributed by atoms with Gasteiger partial charge in [0.1, 0.15) is 5.82 Å². The lowest BCUT2D eigenvalue weighted by atomic mass is 9.80. The zero-order chi connectivity index (χ0) is 15.5. The van der Waals surface area contributed by atoms with E-state index in [1.54, 1.807) is 4.68 Å². The third kappa shape index (κ3) is 2.79. The Morgan fingerprint density at radius 2 is 2.09 bits per heavy atom. The molecule has 1 aliphatic carbocycles. The molecule has 112 valence electrons. The first-order valence-electron chi connectivity index (χ1n) is 7.22. The first-order valence-corrected chi connectivity index (χ1v) is 7.22. The van der Waals surface area contributed by atoms with Crippen molar-refractivity contribution in [2.45, 2.75) is 18.9 Å². The smallest absolute Gasteiger partial charge is 0.228 e. The molecule has 1 saturated carbocycles. The van der Waals surface area contributed by atoms with Crippen molar-refractivity contribution >= 4 is 11.7 Å². The Labute approximate surface area is 128 Å². The summed E-state index contributed by atoms with van der Waals surface area (Å²) < 4.78 is 1.67. The van der Waals surface area contributed by atoms with Crippen molar-refractivity contribution in [1.82, 2.24) is 15.1 Å². The average molecular weight is 295 g/mol. The van der Waals surface area contributed by atoms with Crippen molar-refractivity contribution in [2.75, 3.05) is 5.32 Å². The highest BCUT2D eigenvalue weighted by atomic mass is 16.2. The lowest BCUT2D eigenvalue weighted by molar-refractivity contribution is -0.122. The molecule has 0 bridgehead atoms. The summed E-state index contributed by atoms with van der Waals surface area (Å²) in [7, 11) is 1.81. The second-order valence-electron chi connectivity index (χ2n) is 5.52. The molecule has 1 aromatic heterocycles. The molecule has 0 aliphatic heterocycles. The lowest BCUT2D eigenvalue weighted by Crippen LogP contribution is -2.44. The van der Waals surface area contributed by atoms with E-state index in [1.807, 2.05) is 49.6 Å². The molecule has 0 saturated heterocycles. The second-order valence-corrected chi connectivity index (χ2v) is 5.52. The number of amides is 1. The van der Waals surface area contributed by atoms with Crippen LogP contribution in [0.5, 0.6) is 0 Å². The predicted octanol–water partition coefficient (Wildman–Crippen LogP) is 1.87. The van der Waals surface area contributed by atoms with E-state index >= 15 is 0 Å². The van der Waals surface area contributed by atoms with Crippen LogP contribution in [0.4, 0.5) is 5.82 Å². The quantitative estimate of drug-likeness (QED) is 0.666. The van der Waals surface area contributed by atoms with Gasteiger partial charge in [-0.25, -0.2) is 0 Å². The number of nitrogens with zero attached hydrogens (tertiary/aromatic N) is 3. The van der Waals surface area contributed by atoms with Gasteiger partial charge in [0, 0.05) is 30.6 Å². The van der Waals surface area contributed by atoms with Crippen LogP contribution in [0, 0.1) is 17.4 Å². The zero-order valence-electron chi connectivity index (χ0n) is 12.3. The highest BCUT2D eigenvalue weighted by Crippen LogP contribution is 2.29. The van der Waals surface area contributed by atoms with E-state index in [0.717, 1.165) is 11.3 Å². The fourth-order valence-corrected chi connectivity index (χ4v) is 2.60. The number of carbonyl (C=O) groups is 1. The van der Waals surface area contributed by atoms with E-state index in [4.69, 9.17) is 5.26 Å². The first kappa shape index (κ1) is 14.1. The van der Waals surface area contributed by atoms with Gasteiger partial charge in [0.2, 0.25) is 5.91 Å². The van der Waals surface area contributed by atoms with Crippen LogP contribution in [0.3, 0.4) is 0 Å². The van der Waals surface area contributed by atoms with Crippen molar-refractivity contribution in [2.24, 2.45) is 13.0 Å². The van der Waals surface area contributed by atoms with Crippen LogP contribution in [0.1, 0.15) is 12.8 Å². The Balaban J connectivity index is 1.65. The van der Waals surface area contributed by atoms with Gasteiger partial charge in [0.25, 0.3) is 0 Å². The second kappa shape index (κ2) is 5.90. The number of carbonyl (C=O) groups excluding carboxylic acids is 1. The van der Waals surface area contributed by atoms with Gasteiger partial charge < -0.3 is 10.6 Å². The SMILES string of the molecule is Cn1nc(-c2ccccc2)cc1NC(=O)[C@H]1C[C@H](NC#N)C1. The fourth-order valence-electron chi connectivity index (χ4n) is 2.60.